The Hall–Kier alpha value is -2.84. The first-order chi connectivity index (χ1) is 19.4. The lowest BCUT2D eigenvalue weighted by molar-refractivity contribution is -0.143. The molecule has 2 unspecified atom stereocenters. The third kappa shape index (κ3) is 4.53. The van der Waals surface area contributed by atoms with Crippen molar-refractivity contribution >= 4 is 29.5 Å². The molecule has 8 heteroatoms. The Labute approximate surface area is 240 Å². The highest BCUT2D eigenvalue weighted by Gasteiger charge is 2.77. The van der Waals surface area contributed by atoms with E-state index in [1.54, 1.807) is 16.7 Å². The predicted molar refractivity (Wildman–Crippen MR) is 155 cm³/mol. The normalized spacial score (nSPS) is 32.1. The minimum Gasteiger partial charge on any atom is -0.394 e. The first-order valence-electron chi connectivity index (χ1n) is 14.7. The molecule has 2 bridgehead atoms. The number of benzene rings is 2. The Kier molecular flexibility index (Phi) is 7.42. The topological polar surface area (TPSA) is 98.7 Å². The molecule has 2 aromatic carbocycles. The number of nitrogens with zero attached hydrogens (tertiary/aromatic N) is 1. The first kappa shape index (κ1) is 27.3. The largest absolute Gasteiger partial charge is 0.394 e. The maximum Gasteiger partial charge on any atom is 0.244 e. The van der Waals surface area contributed by atoms with Crippen LogP contribution in [-0.2, 0) is 20.9 Å². The number of fused-ring (bicyclic) bond motifs is 1. The van der Waals surface area contributed by atoms with E-state index in [4.69, 9.17) is 0 Å². The number of thioether (sulfide) groups is 1. The zero-order valence-electron chi connectivity index (χ0n) is 23.1. The Bertz CT molecular complexity index is 1250. The monoisotopic (exact) mass is 561 g/mol. The summed E-state index contributed by atoms with van der Waals surface area (Å²) in [4.78, 5) is 44.3. The van der Waals surface area contributed by atoms with Gasteiger partial charge in [0.1, 0.15) is 6.04 Å². The molecular weight excluding hydrogens is 522 g/mol. The molecule has 2 aromatic rings. The number of carbonyl (C=O) groups is 3. The van der Waals surface area contributed by atoms with Crippen molar-refractivity contribution in [1.82, 2.24) is 15.5 Å². The smallest absolute Gasteiger partial charge is 0.244 e. The van der Waals surface area contributed by atoms with Gasteiger partial charge in [-0.05, 0) is 43.7 Å². The standard InChI is InChI=1S/C32H39N3O4S/c1-31-17-18-32(40-31)26(25(31)28(37)33-19-21-11-5-2-6-12-21)30(39)35(24(20-36)22-13-7-3-8-14-22)27(32)29(38)34-23-15-9-4-10-16-23/h2-3,5-8,11-14,23-27,36H,4,9-10,15-20H2,1H3,(H,33,37)(H,34,38)/t24-,25+,26+,27?,31-,32?/m1/s1. The third-order valence-corrected chi connectivity index (χ3v) is 11.7. The predicted octanol–water partition coefficient (Wildman–Crippen LogP) is 3.97. The van der Waals surface area contributed by atoms with Gasteiger partial charge < -0.3 is 20.6 Å². The van der Waals surface area contributed by atoms with Gasteiger partial charge in [-0.1, -0.05) is 79.9 Å². The van der Waals surface area contributed by atoms with Gasteiger partial charge in [0.05, 0.1) is 29.2 Å². The van der Waals surface area contributed by atoms with Crippen molar-refractivity contribution in [2.45, 2.75) is 86.0 Å². The average molecular weight is 562 g/mol. The molecule has 1 saturated carbocycles. The number of aliphatic hydroxyl groups is 1. The van der Waals surface area contributed by atoms with E-state index in [0.717, 1.165) is 43.2 Å². The first-order valence-corrected chi connectivity index (χ1v) is 15.5. The zero-order chi connectivity index (χ0) is 27.9. The Morgan fingerprint density at radius 3 is 2.35 bits per heavy atom. The van der Waals surface area contributed by atoms with E-state index in [2.05, 4.69) is 17.6 Å². The molecule has 7 nitrogen and oxygen atoms in total. The second kappa shape index (κ2) is 10.9. The summed E-state index contributed by atoms with van der Waals surface area (Å²) in [5, 5.41) is 17.0. The van der Waals surface area contributed by atoms with E-state index in [1.807, 2.05) is 60.7 Å². The summed E-state index contributed by atoms with van der Waals surface area (Å²) in [6, 6.07) is 17.9. The van der Waals surface area contributed by atoms with Crippen LogP contribution < -0.4 is 10.6 Å². The van der Waals surface area contributed by atoms with Crippen molar-refractivity contribution in [2.75, 3.05) is 6.61 Å². The number of likely N-dealkylation sites (tertiary alicyclic amines) is 1. The van der Waals surface area contributed by atoms with Gasteiger partial charge in [0.2, 0.25) is 17.7 Å². The summed E-state index contributed by atoms with van der Waals surface area (Å²) in [6.07, 6.45) is 6.71. The number of hydrogen-bond donors (Lipinski definition) is 3. The molecule has 0 radical (unpaired) electrons. The summed E-state index contributed by atoms with van der Waals surface area (Å²) in [6.45, 7) is 2.19. The number of hydrogen-bond acceptors (Lipinski definition) is 5. The van der Waals surface area contributed by atoms with Crippen molar-refractivity contribution in [1.29, 1.82) is 0 Å². The van der Waals surface area contributed by atoms with Crippen molar-refractivity contribution < 1.29 is 19.5 Å². The summed E-state index contributed by atoms with van der Waals surface area (Å²) >= 11 is 1.67. The van der Waals surface area contributed by atoms with Crippen LogP contribution in [0.2, 0.25) is 0 Å². The van der Waals surface area contributed by atoms with E-state index < -0.39 is 33.4 Å². The van der Waals surface area contributed by atoms with Crippen LogP contribution >= 0.6 is 11.8 Å². The highest BCUT2D eigenvalue weighted by molar-refractivity contribution is 8.02. The molecule has 3 N–H and O–H groups in total. The number of aliphatic hydroxyl groups excluding tert-OH is 1. The number of nitrogens with one attached hydrogen (secondary N) is 2. The maximum absolute atomic E-state index is 14.5. The second-order valence-corrected chi connectivity index (χ2v) is 14.0. The summed E-state index contributed by atoms with van der Waals surface area (Å²) in [5.41, 5.74) is 1.79. The molecule has 6 atom stereocenters. The van der Waals surface area contributed by atoms with Gasteiger partial charge in [0, 0.05) is 17.3 Å². The third-order valence-electron chi connectivity index (χ3n) is 9.70. The molecule has 40 heavy (non-hydrogen) atoms. The molecule has 4 aliphatic rings. The van der Waals surface area contributed by atoms with Gasteiger partial charge >= 0.3 is 0 Å². The number of carbonyl (C=O) groups excluding carboxylic acids is 3. The number of rotatable bonds is 8. The molecule has 1 aliphatic carbocycles. The van der Waals surface area contributed by atoms with E-state index in [1.165, 1.54) is 6.42 Å². The highest BCUT2D eigenvalue weighted by Crippen LogP contribution is 2.72. The Morgan fingerprint density at radius 1 is 1.00 bits per heavy atom. The summed E-state index contributed by atoms with van der Waals surface area (Å²) in [5.74, 6) is -1.63. The lowest BCUT2D eigenvalue weighted by Crippen LogP contribution is -2.56. The van der Waals surface area contributed by atoms with Crippen LogP contribution in [0.5, 0.6) is 0 Å². The fraction of sp³-hybridized carbons (Fsp3) is 0.531. The van der Waals surface area contributed by atoms with Crippen LogP contribution in [0, 0.1) is 11.8 Å². The molecular formula is C32H39N3O4S. The molecule has 3 amide bonds. The fourth-order valence-corrected chi connectivity index (χ4v) is 10.2. The Balaban J connectivity index is 1.36. The molecule has 3 saturated heterocycles. The number of amides is 3. The average Bonchev–Trinajstić information content (AvgIpc) is 3.55. The van der Waals surface area contributed by atoms with E-state index in [9.17, 15) is 19.5 Å². The van der Waals surface area contributed by atoms with Crippen LogP contribution in [0.15, 0.2) is 60.7 Å². The zero-order valence-corrected chi connectivity index (χ0v) is 23.9. The fourth-order valence-electron chi connectivity index (χ4n) is 7.85. The van der Waals surface area contributed by atoms with Gasteiger partial charge in [-0.15, -0.1) is 11.8 Å². The van der Waals surface area contributed by atoms with Crippen LogP contribution in [0.25, 0.3) is 0 Å². The van der Waals surface area contributed by atoms with Crippen molar-refractivity contribution in [3.05, 3.63) is 71.8 Å². The highest BCUT2D eigenvalue weighted by atomic mass is 32.2. The maximum atomic E-state index is 14.5. The lowest BCUT2D eigenvalue weighted by atomic mass is 9.66. The minimum absolute atomic E-state index is 0.0992. The van der Waals surface area contributed by atoms with Crippen molar-refractivity contribution in [3.63, 3.8) is 0 Å². The summed E-state index contributed by atoms with van der Waals surface area (Å²) < 4.78 is -1.14. The molecule has 0 aromatic heterocycles. The van der Waals surface area contributed by atoms with Gasteiger partial charge in [0.25, 0.3) is 0 Å². The van der Waals surface area contributed by atoms with Crippen molar-refractivity contribution in [2.24, 2.45) is 11.8 Å². The molecule has 6 rings (SSSR count). The summed E-state index contributed by atoms with van der Waals surface area (Å²) in [7, 11) is 0. The van der Waals surface area contributed by atoms with Gasteiger partial charge in [-0.25, -0.2) is 0 Å². The van der Waals surface area contributed by atoms with Crippen LogP contribution in [0.4, 0.5) is 0 Å². The Morgan fingerprint density at radius 2 is 1.68 bits per heavy atom. The van der Waals surface area contributed by atoms with E-state index >= 15 is 0 Å². The molecule has 1 spiro atoms. The van der Waals surface area contributed by atoms with Crippen LogP contribution in [0.3, 0.4) is 0 Å². The minimum atomic E-state index is -0.747. The molecule has 3 heterocycles. The van der Waals surface area contributed by atoms with Crippen molar-refractivity contribution in [3.8, 4) is 0 Å². The van der Waals surface area contributed by atoms with Crippen LogP contribution in [0.1, 0.15) is 69.0 Å². The molecule has 212 valence electrons. The second-order valence-electron chi connectivity index (χ2n) is 12.1. The SMILES string of the molecule is C[C@]12CCC3(S1)C(C(=O)NC1CCCCC1)N([C@H](CO)c1ccccc1)C(=O)[C@@H]3[C@H]2C(=O)NCc1ccccc1. The van der Waals surface area contributed by atoms with E-state index in [-0.39, 0.29) is 30.4 Å². The van der Waals surface area contributed by atoms with Gasteiger partial charge in [-0.3, -0.25) is 14.4 Å². The lowest BCUT2D eigenvalue weighted by Gasteiger charge is -2.38. The van der Waals surface area contributed by atoms with Gasteiger partial charge in [0.15, 0.2) is 0 Å². The molecule has 4 fully saturated rings. The van der Waals surface area contributed by atoms with Gasteiger partial charge in [-0.2, -0.15) is 0 Å². The quantitative estimate of drug-likeness (QED) is 0.453. The van der Waals surface area contributed by atoms with E-state index in [0.29, 0.717) is 13.0 Å². The van der Waals surface area contributed by atoms with Crippen LogP contribution in [-0.4, -0.2) is 55.9 Å². The molecule has 3 aliphatic heterocycles.